The maximum absolute atomic E-state index is 5.37. The third-order valence-corrected chi connectivity index (χ3v) is 2.46. The number of hydrogen-bond donors (Lipinski definition) is 0. The Morgan fingerprint density at radius 3 is 2.53 bits per heavy atom. The molecule has 15 heavy (non-hydrogen) atoms. The predicted octanol–water partition coefficient (Wildman–Crippen LogP) is 2.56. The van der Waals surface area contributed by atoms with E-state index in [1.54, 1.807) is 20.4 Å². The number of aryl methyl sites for hydroxylation is 1. The molecule has 0 amide bonds. The largest absolute Gasteiger partial charge is 0.493 e. The van der Waals surface area contributed by atoms with E-state index in [0.717, 1.165) is 28.0 Å². The molecular weight excluding hydrogens is 190 g/mol. The molecule has 2 rings (SSSR count). The standard InChI is InChI=1S/C12H13NO2/c1-8-11-9(6-7-13-8)4-5-10(14-2)12(11)15-3/h4-7H,1-3H3. The fourth-order valence-corrected chi connectivity index (χ4v) is 1.75. The molecule has 0 atom stereocenters. The number of nitrogens with zero attached hydrogens (tertiary/aromatic N) is 1. The number of methoxy groups -OCH3 is 2. The van der Waals surface area contributed by atoms with Crippen LogP contribution in [0.25, 0.3) is 10.8 Å². The van der Waals surface area contributed by atoms with Crippen molar-refractivity contribution in [3.05, 3.63) is 30.1 Å². The Balaban J connectivity index is 2.85. The third kappa shape index (κ3) is 1.50. The molecule has 0 aliphatic heterocycles. The van der Waals surface area contributed by atoms with Gasteiger partial charge in [-0.05, 0) is 24.4 Å². The van der Waals surface area contributed by atoms with Crippen LogP contribution in [0, 0.1) is 6.92 Å². The highest BCUT2D eigenvalue weighted by molar-refractivity contribution is 5.92. The van der Waals surface area contributed by atoms with Gasteiger partial charge >= 0.3 is 0 Å². The van der Waals surface area contributed by atoms with Crippen molar-refractivity contribution >= 4 is 10.8 Å². The number of ether oxygens (including phenoxy) is 2. The van der Waals surface area contributed by atoms with E-state index in [2.05, 4.69) is 4.98 Å². The van der Waals surface area contributed by atoms with Crippen LogP contribution in [0.1, 0.15) is 5.69 Å². The Hall–Kier alpha value is -1.77. The van der Waals surface area contributed by atoms with Crippen LogP contribution in [0.4, 0.5) is 0 Å². The van der Waals surface area contributed by atoms with E-state index >= 15 is 0 Å². The van der Waals surface area contributed by atoms with Crippen molar-refractivity contribution in [2.75, 3.05) is 14.2 Å². The van der Waals surface area contributed by atoms with Crippen molar-refractivity contribution < 1.29 is 9.47 Å². The second kappa shape index (κ2) is 3.77. The van der Waals surface area contributed by atoms with Gasteiger partial charge in [-0.3, -0.25) is 4.98 Å². The zero-order valence-corrected chi connectivity index (χ0v) is 9.07. The van der Waals surface area contributed by atoms with Gasteiger partial charge in [0.2, 0.25) is 0 Å². The van der Waals surface area contributed by atoms with Gasteiger partial charge in [-0.25, -0.2) is 0 Å². The number of pyridine rings is 1. The lowest BCUT2D eigenvalue weighted by atomic mass is 10.1. The zero-order chi connectivity index (χ0) is 10.8. The average Bonchev–Trinajstić information content (AvgIpc) is 2.28. The molecule has 0 spiro atoms. The third-order valence-electron chi connectivity index (χ3n) is 2.46. The summed E-state index contributed by atoms with van der Waals surface area (Å²) in [6.07, 6.45) is 1.80. The summed E-state index contributed by atoms with van der Waals surface area (Å²) < 4.78 is 10.6. The van der Waals surface area contributed by atoms with E-state index in [4.69, 9.17) is 9.47 Å². The summed E-state index contributed by atoms with van der Waals surface area (Å²) in [5, 5.41) is 2.12. The fourth-order valence-electron chi connectivity index (χ4n) is 1.75. The van der Waals surface area contributed by atoms with E-state index in [-0.39, 0.29) is 0 Å². The summed E-state index contributed by atoms with van der Waals surface area (Å²) in [4.78, 5) is 4.26. The first-order valence-corrected chi connectivity index (χ1v) is 4.74. The first-order valence-electron chi connectivity index (χ1n) is 4.74. The lowest BCUT2D eigenvalue weighted by molar-refractivity contribution is 0.358. The molecule has 0 unspecified atom stereocenters. The van der Waals surface area contributed by atoms with Gasteiger partial charge in [0.1, 0.15) is 0 Å². The monoisotopic (exact) mass is 203 g/mol. The molecule has 0 aliphatic rings. The second-order valence-corrected chi connectivity index (χ2v) is 3.30. The summed E-state index contributed by atoms with van der Waals surface area (Å²) in [5.41, 5.74) is 0.947. The van der Waals surface area contributed by atoms with Gasteiger partial charge in [-0.1, -0.05) is 6.07 Å². The number of hydrogen-bond acceptors (Lipinski definition) is 3. The summed E-state index contributed by atoms with van der Waals surface area (Å²) in [6, 6.07) is 5.87. The maximum atomic E-state index is 5.37. The Bertz CT molecular complexity index is 494. The molecule has 0 aliphatic carbocycles. The molecule has 0 N–H and O–H groups in total. The highest BCUT2D eigenvalue weighted by Crippen LogP contribution is 2.36. The van der Waals surface area contributed by atoms with Crippen LogP contribution in [-0.2, 0) is 0 Å². The van der Waals surface area contributed by atoms with E-state index < -0.39 is 0 Å². The summed E-state index contributed by atoms with van der Waals surface area (Å²) in [5.74, 6) is 1.49. The molecule has 78 valence electrons. The minimum Gasteiger partial charge on any atom is -0.493 e. The molecule has 1 aromatic carbocycles. The van der Waals surface area contributed by atoms with Crippen LogP contribution >= 0.6 is 0 Å². The first-order chi connectivity index (χ1) is 7.27. The molecule has 0 saturated heterocycles. The van der Waals surface area contributed by atoms with Gasteiger partial charge in [0.15, 0.2) is 11.5 Å². The number of aromatic nitrogens is 1. The SMILES string of the molecule is COc1ccc2ccnc(C)c2c1OC. The van der Waals surface area contributed by atoms with Crippen molar-refractivity contribution in [1.29, 1.82) is 0 Å². The van der Waals surface area contributed by atoms with Crippen molar-refractivity contribution in [1.82, 2.24) is 4.98 Å². The van der Waals surface area contributed by atoms with Gasteiger partial charge in [0.25, 0.3) is 0 Å². The van der Waals surface area contributed by atoms with Crippen LogP contribution in [0.2, 0.25) is 0 Å². The highest BCUT2D eigenvalue weighted by atomic mass is 16.5. The molecule has 0 saturated carbocycles. The van der Waals surface area contributed by atoms with Crippen LogP contribution in [0.15, 0.2) is 24.4 Å². The first kappa shape index (κ1) is 9.77. The van der Waals surface area contributed by atoms with Gasteiger partial charge in [0.05, 0.1) is 14.2 Å². The lowest BCUT2D eigenvalue weighted by Gasteiger charge is -2.11. The minimum absolute atomic E-state index is 0.737. The topological polar surface area (TPSA) is 31.4 Å². The molecule has 3 heteroatoms. The predicted molar refractivity (Wildman–Crippen MR) is 59.6 cm³/mol. The van der Waals surface area contributed by atoms with Gasteiger partial charge < -0.3 is 9.47 Å². The number of rotatable bonds is 2. The zero-order valence-electron chi connectivity index (χ0n) is 9.07. The molecule has 0 radical (unpaired) electrons. The van der Waals surface area contributed by atoms with Crippen molar-refractivity contribution in [3.8, 4) is 11.5 Å². The fraction of sp³-hybridized carbons (Fsp3) is 0.250. The second-order valence-electron chi connectivity index (χ2n) is 3.30. The Morgan fingerprint density at radius 2 is 1.87 bits per heavy atom. The molecule has 1 heterocycles. The van der Waals surface area contributed by atoms with Crippen LogP contribution in [-0.4, -0.2) is 19.2 Å². The van der Waals surface area contributed by atoms with Crippen LogP contribution in [0.5, 0.6) is 11.5 Å². The molecule has 0 bridgehead atoms. The van der Waals surface area contributed by atoms with Crippen molar-refractivity contribution in [3.63, 3.8) is 0 Å². The van der Waals surface area contributed by atoms with E-state index in [1.807, 2.05) is 25.1 Å². The van der Waals surface area contributed by atoms with Gasteiger partial charge in [0, 0.05) is 17.3 Å². The normalized spacial score (nSPS) is 10.3. The van der Waals surface area contributed by atoms with Crippen molar-refractivity contribution in [2.45, 2.75) is 6.92 Å². The molecular formula is C12H13NO2. The Morgan fingerprint density at radius 1 is 1.07 bits per heavy atom. The summed E-state index contributed by atoms with van der Waals surface area (Å²) in [6.45, 7) is 1.96. The minimum atomic E-state index is 0.737. The van der Waals surface area contributed by atoms with Gasteiger partial charge in [-0.15, -0.1) is 0 Å². The van der Waals surface area contributed by atoms with E-state index in [1.165, 1.54) is 0 Å². The molecule has 0 fully saturated rings. The molecule has 3 nitrogen and oxygen atoms in total. The maximum Gasteiger partial charge on any atom is 0.170 e. The van der Waals surface area contributed by atoms with Gasteiger partial charge in [-0.2, -0.15) is 0 Å². The Kier molecular flexibility index (Phi) is 2.46. The highest BCUT2D eigenvalue weighted by Gasteiger charge is 2.10. The lowest BCUT2D eigenvalue weighted by Crippen LogP contribution is -1.93. The van der Waals surface area contributed by atoms with Crippen molar-refractivity contribution in [2.24, 2.45) is 0 Å². The summed E-state index contributed by atoms with van der Waals surface area (Å²) >= 11 is 0. The average molecular weight is 203 g/mol. The van der Waals surface area contributed by atoms with Crippen LogP contribution in [0.3, 0.4) is 0 Å². The summed E-state index contributed by atoms with van der Waals surface area (Å²) in [7, 11) is 3.28. The number of fused-ring (bicyclic) bond motifs is 1. The van der Waals surface area contributed by atoms with E-state index in [0.29, 0.717) is 0 Å². The number of benzene rings is 1. The molecule has 2 aromatic rings. The smallest absolute Gasteiger partial charge is 0.170 e. The van der Waals surface area contributed by atoms with Crippen LogP contribution < -0.4 is 9.47 Å². The van der Waals surface area contributed by atoms with E-state index in [9.17, 15) is 0 Å². The quantitative estimate of drug-likeness (QED) is 0.751. The Labute approximate surface area is 88.7 Å². The molecule has 1 aromatic heterocycles.